The Morgan fingerprint density at radius 3 is 1.32 bits per heavy atom. The molecule has 0 saturated heterocycles. The standard InChI is InChI=1S/C52H48N4O4/c1-32-14-8-10-16-41(32)51(58)39-20-24-49-45(30-39)43-28-37(34(3)53)18-22-47(43)55(49)26-12-6-7-13-27-56-48-23-19-38(35(4)54-60-36(5)57)29-44(48)46-31-40(21-25-50(46)56)52(59)42-17-11-9-15-33(42)2/h8-11,14-25,28-31,53H,6-7,12-13,26-27H2,1-5H3/b53-34?,54-35+. The first-order valence-corrected chi connectivity index (χ1v) is 20.6. The van der Waals surface area contributed by atoms with Crippen molar-refractivity contribution in [2.45, 2.75) is 73.4 Å². The van der Waals surface area contributed by atoms with Crippen molar-refractivity contribution in [2.24, 2.45) is 5.16 Å². The van der Waals surface area contributed by atoms with E-state index in [0.29, 0.717) is 33.7 Å². The fourth-order valence-electron chi connectivity index (χ4n) is 8.48. The van der Waals surface area contributed by atoms with E-state index in [9.17, 15) is 14.4 Å². The zero-order chi connectivity index (χ0) is 42.1. The van der Waals surface area contributed by atoms with Crippen molar-refractivity contribution >= 4 is 72.6 Å². The molecular formula is C52H48N4O4. The molecule has 8 heteroatoms. The van der Waals surface area contributed by atoms with Gasteiger partial charge in [0.1, 0.15) is 0 Å². The van der Waals surface area contributed by atoms with Gasteiger partial charge in [0.05, 0.1) is 5.71 Å². The van der Waals surface area contributed by atoms with Crippen LogP contribution >= 0.6 is 0 Å². The lowest BCUT2D eigenvalue weighted by Gasteiger charge is -2.10. The Bertz CT molecular complexity index is 3050. The van der Waals surface area contributed by atoms with Crippen LogP contribution in [0.3, 0.4) is 0 Å². The highest BCUT2D eigenvalue weighted by molar-refractivity contribution is 6.17. The third-order valence-electron chi connectivity index (χ3n) is 11.7. The number of aromatic nitrogens is 2. The molecule has 0 atom stereocenters. The van der Waals surface area contributed by atoms with Crippen molar-refractivity contribution in [1.82, 2.24) is 9.13 Å². The highest BCUT2D eigenvalue weighted by Gasteiger charge is 2.19. The van der Waals surface area contributed by atoms with Crippen LogP contribution in [-0.2, 0) is 22.7 Å². The SMILES string of the molecule is CC(=N)c1ccc2c(c1)c1cc(C(=O)c3ccccc3C)ccc1n2CCCCCCn1c2ccc(C(=O)c3ccccc3C)cc2c2cc(/C(C)=N/OC(C)=O)ccc21. The van der Waals surface area contributed by atoms with Gasteiger partial charge in [0.25, 0.3) is 0 Å². The molecule has 0 spiro atoms. The summed E-state index contributed by atoms with van der Waals surface area (Å²) in [5.74, 6) is -0.474. The number of benzene rings is 6. The molecule has 300 valence electrons. The topological polar surface area (TPSA) is 107 Å². The molecule has 0 aliphatic heterocycles. The minimum absolute atomic E-state index is 0.00983. The number of fused-ring (bicyclic) bond motifs is 6. The van der Waals surface area contributed by atoms with Crippen LogP contribution in [-0.4, -0.2) is 38.1 Å². The van der Waals surface area contributed by atoms with Crippen LogP contribution < -0.4 is 0 Å². The Balaban J connectivity index is 1.03. The van der Waals surface area contributed by atoms with E-state index in [0.717, 1.165) is 105 Å². The van der Waals surface area contributed by atoms with E-state index in [4.69, 9.17) is 10.2 Å². The maximum Gasteiger partial charge on any atom is 0.331 e. The Morgan fingerprint density at radius 1 is 0.517 bits per heavy atom. The second-order valence-corrected chi connectivity index (χ2v) is 15.8. The van der Waals surface area contributed by atoms with Crippen LogP contribution in [0.15, 0.2) is 126 Å². The number of nitrogens with zero attached hydrogens (tertiary/aromatic N) is 3. The number of hydrogen-bond donors (Lipinski definition) is 1. The van der Waals surface area contributed by atoms with E-state index in [1.165, 1.54) is 6.92 Å². The monoisotopic (exact) mass is 792 g/mol. The van der Waals surface area contributed by atoms with Crippen LogP contribution in [0.1, 0.15) is 101 Å². The number of oxime groups is 1. The fourth-order valence-corrected chi connectivity index (χ4v) is 8.48. The van der Waals surface area contributed by atoms with Gasteiger partial charge in [-0.05, 0) is 123 Å². The molecule has 0 fully saturated rings. The van der Waals surface area contributed by atoms with Crippen molar-refractivity contribution in [3.63, 3.8) is 0 Å². The summed E-state index contributed by atoms with van der Waals surface area (Å²) in [6.07, 6.45) is 4.01. The number of nitrogens with one attached hydrogen (secondary N) is 1. The molecule has 60 heavy (non-hydrogen) atoms. The van der Waals surface area contributed by atoms with Crippen LogP contribution in [0.5, 0.6) is 0 Å². The molecule has 0 amide bonds. The van der Waals surface area contributed by atoms with Gasteiger partial charge in [-0.2, -0.15) is 0 Å². The number of rotatable bonds is 14. The smallest absolute Gasteiger partial charge is 0.331 e. The Kier molecular flexibility index (Phi) is 11.1. The first kappa shape index (κ1) is 39.9. The largest absolute Gasteiger partial charge is 0.340 e. The maximum absolute atomic E-state index is 13.7. The lowest BCUT2D eigenvalue weighted by Crippen LogP contribution is -2.04. The quantitative estimate of drug-likeness (QED) is 0.0389. The first-order valence-electron chi connectivity index (χ1n) is 20.6. The molecule has 8 aromatic rings. The molecular weight excluding hydrogens is 745 g/mol. The molecule has 1 N–H and O–H groups in total. The van der Waals surface area contributed by atoms with Crippen molar-refractivity contribution in [3.05, 3.63) is 166 Å². The summed E-state index contributed by atoms with van der Waals surface area (Å²) < 4.78 is 4.71. The fraction of sp³-hybridized carbons (Fsp3) is 0.212. The molecule has 0 saturated carbocycles. The Morgan fingerprint density at radius 2 is 0.900 bits per heavy atom. The van der Waals surface area contributed by atoms with E-state index in [1.807, 2.05) is 106 Å². The molecule has 6 aromatic carbocycles. The minimum atomic E-state index is -0.477. The van der Waals surface area contributed by atoms with Crippen molar-refractivity contribution in [3.8, 4) is 0 Å². The zero-order valence-electron chi connectivity index (χ0n) is 34.8. The van der Waals surface area contributed by atoms with Gasteiger partial charge in [-0.25, -0.2) is 4.79 Å². The van der Waals surface area contributed by atoms with Crippen LogP contribution in [0.4, 0.5) is 0 Å². The molecule has 0 bridgehead atoms. The normalized spacial score (nSPS) is 11.8. The predicted molar refractivity (Wildman–Crippen MR) is 243 cm³/mol. The van der Waals surface area contributed by atoms with Crippen molar-refractivity contribution in [1.29, 1.82) is 5.41 Å². The summed E-state index contributed by atoms with van der Waals surface area (Å²) in [4.78, 5) is 43.8. The molecule has 0 aliphatic carbocycles. The average Bonchev–Trinajstić information content (AvgIpc) is 3.73. The van der Waals surface area contributed by atoms with E-state index >= 15 is 0 Å². The van der Waals surface area contributed by atoms with Gasteiger partial charge in [-0.1, -0.05) is 78.7 Å². The molecule has 0 aliphatic rings. The summed E-state index contributed by atoms with van der Waals surface area (Å²) in [6, 6.07) is 39.8. The second kappa shape index (κ2) is 16.7. The Hall–Kier alpha value is -6.93. The highest BCUT2D eigenvalue weighted by atomic mass is 16.7. The minimum Gasteiger partial charge on any atom is -0.340 e. The Labute approximate surface area is 349 Å². The third kappa shape index (κ3) is 7.69. The van der Waals surface area contributed by atoms with Gasteiger partial charge < -0.3 is 19.4 Å². The summed E-state index contributed by atoms with van der Waals surface area (Å²) in [7, 11) is 0. The van der Waals surface area contributed by atoms with Gasteiger partial charge >= 0.3 is 5.97 Å². The van der Waals surface area contributed by atoms with Crippen molar-refractivity contribution in [2.75, 3.05) is 0 Å². The third-order valence-corrected chi connectivity index (χ3v) is 11.7. The molecule has 2 heterocycles. The van der Waals surface area contributed by atoms with Gasteiger partial charge in [0.2, 0.25) is 0 Å². The summed E-state index contributed by atoms with van der Waals surface area (Å²) >= 11 is 0. The zero-order valence-corrected chi connectivity index (χ0v) is 34.8. The van der Waals surface area contributed by atoms with Gasteiger partial charge in [0.15, 0.2) is 11.6 Å². The number of aryl methyl sites for hydroxylation is 4. The van der Waals surface area contributed by atoms with Gasteiger partial charge in [0, 0.05) is 91.6 Å². The van der Waals surface area contributed by atoms with E-state index < -0.39 is 5.97 Å². The van der Waals surface area contributed by atoms with Crippen LogP contribution in [0.2, 0.25) is 0 Å². The lowest BCUT2D eigenvalue weighted by molar-refractivity contribution is -0.140. The summed E-state index contributed by atoms with van der Waals surface area (Å²) in [6.45, 7) is 10.5. The molecule has 0 radical (unpaired) electrons. The van der Waals surface area contributed by atoms with E-state index in [2.05, 4.69) is 50.7 Å². The predicted octanol–water partition coefficient (Wildman–Crippen LogP) is 11.9. The number of ketones is 2. The van der Waals surface area contributed by atoms with Crippen LogP contribution in [0.25, 0.3) is 43.6 Å². The highest BCUT2D eigenvalue weighted by Crippen LogP contribution is 2.34. The number of carbonyl (C=O) groups is 3. The first-order chi connectivity index (χ1) is 29.0. The molecule has 0 unspecified atom stereocenters. The number of carbonyl (C=O) groups excluding carboxylic acids is 3. The molecule has 8 rings (SSSR count). The second-order valence-electron chi connectivity index (χ2n) is 15.8. The maximum atomic E-state index is 13.7. The van der Waals surface area contributed by atoms with Gasteiger partial charge in [-0.3, -0.25) is 9.59 Å². The van der Waals surface area contributed by atoms with Crippen LogP contribution in [0, 0.1) is 19.3 Å². The van der Waals surface area contributed by atoms with E-state index in [-0.39, 0.29) is 11.6 Å². The average molecular weight is 793 g/mol. The number of unbranched alkanes of at least 4 members (excludes halogenated alkanes) is 3. The summed E-state index contributed by atoms with van der Waals surface area (Å²) in [5, 5.41) is 16.4. The summed E-state index contributed by atoms with van der Waals surface area (Å²) in [5.41, 5.74) is 11.7. The molecule has 2 aromatic heterocycles. The lowest BCUT2D eigenvalue weighted by atomic mass is 9.97. The van der Waals surface area contributed by atoms with Gasteiger partial charge in [-0.15, -0.1) is 0 Å². The molecule has 8 nitrogen and oxygen atoms in total. The van der Waals surface area contributed by atoms with Crippen molar-refractivity contribution < 1.29 is 19.2 Å². The van der Waals surface area contributed by atoms with E-state index in [1.54, 1.807) is 6.92 Å². The number of hydrogen-bond acceptors (Lipinski definition) is 6.